The van der Waals surface area contributed by atoms with Crippen LogP contribution >= 0.6 is 0 Å². The lowest BCUT2D eigenvalue weighted by molar-refractivity contribution is 0.102. The normalized spacial score (nSPS) is 12.2. The van der Waals surface area contributed by atoms with Gasteiger partial charge in [0.05, 0.1) is 11.2 Å². The van der Waals surface area contributed by atoms with Crippen LogP contribution in [0.3, 0.4) is 0 Å². The van der Waals surface area contributed by atoms with Crippen LogP contribution in [0.4, 0.5) is 5.95 Å². The molecule has 0 unspecified atom stereocenters. The van der Waals surface area contributed by atoms with E-state index in [2.05, 4.69) is 32.0 Å². The van der Waals surface area contributed by atoms with Crippen molar-refractivity contribution < 1.29 is 9.53 Å². The largest absolute Gasteiger partial charge is 0.461 e. The van der Waals surface area contributed by atoms with Gasteiger partial charge in [0.25, 0.3) is 5.91 Å². The fourth-order valence-corrected chi connectivity index (χ4v) is 3.11. The molecule has 7 nitrogen and oxygen atoms in total. The van der Waals surface area contributed by atoms with Gasteiger partial charge in [-0.15, -0.1) is 0 Å². The number of pyridine rings is 1. The highest BCUT2D eigenvalue weighted by molar-refractivity contribution is 6.04. The monoisotopic (exact) mass is 413 g/mol. The number of fused-ring (bicyclic) bond motifs is 2. The minimum atomic E-state index is -0.349. The Morgan fingerprint density at radius 3 is 2.68 bits per heavy atom. The van der Waals surface area contributed by atoms with E-state index in [1.807, 2.05) is 57.2 Å². The number of para-hydroxylation sites is 1. The maximum Gasteiger partial charge on any atom is 0.276 e. The molecule has 0 atom stereocenters. The molecule has 0 aliphatic carbocycles. The van der Waals surface area contributed by atoms with Gasteiger partial charge in [-0.2, -0.15) is 0 Å². The van der Waals surface area contributed by atoms with Crippen molar-refractivity contribution >= 4 is 40.4 Å². The van der Waals surface area contributed by atoms with Gasteiger partial charge in [0.15, 0.2) is 5.75 Å². The number of imidazole rings is 1. The van der Waals surface area contributed by atoms with Gasteiger partial charge >= 0.3 is 0 Å². The Kier molecular flexibility index (Phi) is 5.25. The average molecular weight is 413 g/mol. The van der Waals surface area contributed by atoms with E-state index in [4.69, 9.17) is 4.74 Å². The lowest BCUT2D eigenvalue weighted by Gasteiger charge is -2.18. The number of nitrogens with zero attached hydrogens (tertiary/aromatic N) is 3. The van der Waals surface area contributed by atoms with Gasteiger partial charge in [-0.3, -0.25) is 20.1 Å². The minimum Gasteiger partial charge on any atom is -0.461 e. The molecule has 1 amide bonds. The molecule has 0 saturated carbocycles. The number of hydrogen-bond donors (Lipinski definition) is 2. The quantitative estimate of drug-likeness (QED) is 0.342. The van der Waals surface area contributed by atoms with Crippen molar-refractivity contribution in [1.82, 2.24) is 15.0 Å². The fraction of sp³-hybridized carbons (Fsp3) is 0.167. The van der Waals surface area contributed by atoms with Crippen molar-refractivity contribution in [1.29, 1.82) is 0 Å². The van der Waals surface area contributed by atoms with Crippen molar-refractivity contribution in [3.8, 4) is 5.75 Å². The first-order valence-corrected chi connectivity index (χ1v) is 9.84. The molecule has 0 fully saturated rings. The first-order valence-electron chi connectivity index (χ1n) is 9.84. The zero-order valence-corrected chi connectivity index (χ0v) is 17.6. The predicted molar refractivity (Wildman–Crippen MR) is 124 cm³/mol. The molecule has 2 aromatic carbocycles. The number of nitrogens with one attached hydrogen (secondary N) is 2. The molecule has 2 N–H and O–H groups in total. The molecule has 31 heavy (non-hydrogen) atoms. The Hall–Kier alpha value is -4.00. The summed E-state index contributed by atoms with van der Waals surface area (Å²) in [4.78, 5) is 28.6. The summed E-state index contributed by atoms with van der Waals surface area (Å²) in [6, 6.07) is 15.0. The van der Waals surface area contributed by atoms with Crippen LogP contribution in [0.2, 0.25) is 0 Å². The van der Waals surface area contributed by atoms with E-state index in [9.17, 15) is 4.79 Å². The number of hydrogen-bond acceptors (Lipinski definition) is 5. The summed E-state index contributed by atoms with van der Waals surface area (Å²) >= 11 is 0. The van der Waals surface area contributed by atoms with Crippen LogP contribution in [0.1, 0.15) is 31.3 Å². The zero-order chi connectivity index (χ0) is 22.0. The molecule has 156 valence electrons. The summed E-state index contributed by atoms with van der Waals surface area (Å²) < 4.78 is 5.85. The Morgan fingerprint density at radius 1 is 1.16 bits per heavy atom. The van der Waals surface area contributed by atoms with Crippen LogP contribution < -0.4 is 10.1 Å². The van der Waals surface area contributed by atoms with E-state index in [-0.39, 0.29) is 11.3 Å². The molecule has 7 heteroatoms. The number of aliphatic imine (C=N–C) groups is 1. The van der Waals surface area contributed by atoms with Gasteiger partial charge < -0.3 is 9.72 Å². The maximum atomic E-state index is 12.7. The zero-order valence-electron chi connectivity index (χ0n) is 17.6. The second-order valence-electron chi connectivity index (χ2n) is 8.14. The summed E-state index contributed by atoms with van der Waals surface area (Å²) in [5, 5.41) is 4.69. The SMILES string of the molecule is C=N/C(=C\Oc1cccc2[nH]c(NC(=O)c3cc4ccccc4cn3)nc12)C(C)(C)C. The molecular weight excluding hydrogens is 390 g/mol. The predicted octanol–water partition coefficient (Wildman–Crippen LogP) is 5.33. The lowest BCUT2D eigenvalue weighted by Crippen LogP contribution is -2.14. The van der Waals surface area contributed by atoms with Gasteiger partial charge in [-0.1, -0.05) is 51.1 Å². The molecule has 0 aliphatic heterocycles. The van der Waals surface area contributed by atoms with Crippen LogP contribution in [-0.4, -0.2) is 27.6 Å². The van der Waals surface area contributed by atoms with Gasteiger partial charge in [0.2, 0.25) is 5.95 Å². The number of ether oxygens (including phenoxy) is 1. The van der Waals surface area contributed by atoms with Crippen molar-refractivity contribution in [2.75, 3.05) is 5.32 Å². The van der Waals surface area contributed by atoms with E-state index in [0.29, 0.717) is 22.9 Å². The van der Waals surface area contributed by atoms with Crippen molar-refractivity contribution in [2.45, 2.75) is 20.8 Å². The highest BCUT2D eigenvalue weighted by Gasteiger charge is 2.17. The number of aromatic nitrogens is 3. The third-order valence-electron chi connectivity index (χ3n) is 4.81. The molecule has 0 aliphatic rings. The number of rotatable bonds is 5. The lowest BCUT2D eigenvalue weighted by atomic mass is 9.93. The summed E-state index contributed by atoms with van der Waals surface area (Å²) in [5.74, 6) is 0.509. The molecule has 2 heterocycles. The van der Waals surface area contributed by atoms with E-state index >= 15 is 0 Å². The number of aromatic amines is 1. The molecule has 0 saturated heterocycles. The molecular formula is C24H23N5O2. The Morgan fingerprint density at radius 2 is 1.94 bits per heavy atom. The van der Waals surface area contributed by atoms with E-state index in [0.717, 1.165) is 22.0 Å². The number of anilines is 1. The number of amides is 1. The molecule has 2 aromatic heterocycles. The van der Waals surface area contributed by atoms with Crippen molar-refractivity contribution in [3.05, 3.63) is 72.4 Å². The summed E-state index contributed by atoms with van der Waals surface area (Å²) in [5.41, 5.74) is 2.16. The van der Waals surface area contributed by atoms with E-state index in [1.165, 1.54) is 0 Å². The first kappa shape index (κ1) is 20.3. The Balaban J connectivity index is 1.59. The van der Waals surface area contributed by atoms with E-state index in [1.54, 1.807) is 24.6 Å². The second-order valence-corrected chi connectivity index (χ2v) is 8.14. The van der Waals surface area contributed by atoms with Crippen LogP contribution in [0, 0.1) is 5.41 Å². The average Bonchev–Trinajstić information content (AvgIpc) is 3.16. The van der Waals surface area contributed by atoms with Crippen LogP contribution in [0.5, 0.6) is 5.75 Å². The summed E-state index contributed by atoms with van der Waals surface area (Å²) in [7, 11) is 0. The van der Waals surface area contributed by atoms with Crippen molar-refractivity contribution in [2.24, 2.45) is 10.4 Å². The van der Waals surface area contributed by atoms with Gasteiger partial charge in [-0.05, 0) is 30.3 Å². The second kappa shape index (κ2) is 8.02. The smallest absolute Gasteiger partial charge is 0.276 e. The third-order valence-corrected chi connectivity index (χ3v) is 4.81. The Bertz CT molecular complexity index is 1310. The number of benzene rings is 2. The van der Waals surface area contributed by atoms with Crippen molar-refractivity contribution in [3.63, 3.8) is 0 Å². The summed E-state index contributed by atoms with van der Waals surface area (Å²) in [6.45, 7) is 9.70. The maximum absolute atomic E-state index is 12.7. The number of carbonyl (C=O) groups excluding carboxylic acids is 1. The molecule has 0 spiro atoms. The number of H-pyrrole nitrogens is 1. The topological polar surface area (TPSA) is 92.3 Å². The highest BCUT2D eigenvalue weighted by atomic mass is 16.5. The summed E-state index contributed by atoms with van der Waals surface area (Å²) in [6.07, 6.45) is 3.26. The number of carbonyl (C=O) groups is 1. The van der Waals surface area contributed by atoms with Gasteiger partial charge in [-0.25, -0.2) is 4.98 Å². The number of allylic oxidation sites excluding steroid dienone is 1. The van der Waals surface area contributed by atoms with E-state index < -0.39 is 0 Å². The third kappa shape index (κ3) is 4.30. The van der Waals surface area contributed by atoms with Crippen LogP contribution in [-0.2, 0) is 0 Å². The first-order chi connectivity index (χ1) is 14.8. The molecule has 0 radical (unpaired) electrons. The molecule has 0 bridgehead atoms. The molecule has 4 rings (SSSR count). The van der Waals surface area contributed by atoms with Gasteiger partial charge in [0.1, 0.15) is 17.5 Å². The highest BCUT2D eigenvalue weighted by Crippen LogP contribution is 2.29. The molecule has 4 aromatic rings. The fourth-order valence-electron chi connectivity index (χ4n) is 3.11. The van der Waals surface area contributed by atoms with Gasteiger partial charge in [0, 0.05) is 17.0 Å². The van der Waals surface area contributed by atoms with Crippen LogP contribution in [0.15, 0.2) is 71.7 Å². The standard InChI is InChI=1S/C24H23N5O2/c1-24(2,3)20(25-4)14-31-19-11-7-10-17-21(19)28-23(27-17)29-22(30)18-12-15-8-5-6-9-16(15)13-26-18/h5-14H,4H2,1-3H3,(H2,27,28,29,30)/b20-14-. The van der Waals surface area contributed by atoms with Crippen LogP contribution in [0.25, 0.3) is 21.8 Å². The minimum absolute atomic E-state index is 0.201. The Labute approximate surface area is 179 Å².